The summed E-state index contributed by atoms with van der Waals surface area (Å²) in [6.07, 6.45) is -0.0179. The Morgan fingerprint density at radius 3 is 2.47 bits per heavy atom. The fourth-order valence-corrected chi connectivity index (χ4v) is 3.20. The van der Waals surface area contributed by atoms with Gasteiger partial charge in [-0.3, -0.25) is 9.59 Å². The lowest BCUT2D eigenvalue weighted by Crippen LogP contribution is -2.35. The summed E-state index contributed by atoms with van der Waals surface area (Å²) >= 11 is 1.07. The molecule has 0 radical (unpaired) electrons. The van der Waals surface area contributed by atoms with Crippen molar-refractivity contribution in [2.45, 2.75) is 11.6 Å². The molecule has 0 bridgehead atoms. The number of halogens is 1. The number of methoxy groups -OCH3 is 1. The molecule has 0 aliphatic rings. The first-order chi connectivity index (χ1) is 14.5. The maximum atomic E-state index is 13.2. The fraction of sp³-hybridized carbons (Fsp3) is 0.200. The minimum absolute atomic E-state index is 0.0135. The van der Waals surface area contributed by atoms with Crippen LogP contribution in [-0.4, -0.2) is 41.4 Å². The summed E-state index contributed by atoms with van der Waals surface area (Å²) < 4.78 is 23.9. The maximum Gasteiger partial charge on any atom is 0.277 e. The van der Waals surface area contributed by atoms with Gasteiger partial charge >= 0.3 is 0 Å². The van der Waals surface area contributed by atoms with Crippen molar-refractivity contribution in [3.63, 3.8) is 0 Å². The summed E-state index contributed by atoms with van der Waals surface area (Å²) in [5.41, 5.74) is 6.38. The Morgan fingerprint density at radius 1 is 1.13 bits per heavy atom. The smallest absolute Gasteiger partial charge is 0.277 e. The van der Waals surface area contributed by atoms with Gasteiger partial charge in [0.25, 0.3) is 5.22 Å². The summed E-state index contributed by atoms with van der Waals surface area (Å²) in [6.45, 7) is 0.0846. The van der Waals surface area contributed by atoms with Gasteiger partial charge in [-0.2, -0.15) is 0 Å². The standard InChI is InChI=1S/C20H19FN4O4S/c1-28-16-8-2-13(3-9-16)19-23-24-20(29-19)30-12-18(27)25(11-10-17(22)26)15-6-4-14(21)5-7-15/h2-9H,10-12H2,1H3,(H2,22,26). The van der Waals surface area contributed by atoms with Crippen molar-refractivity contribution in [1.82, 2.24) is 10.2 Å². The molecule has 156 valence electrons. The number of nitrogens with zero attached hydrogens (tertiary/aromatic N) is 3. The van der Waals surface area contributed by atoms with Crippen LogP contribution in [0.4, 0.5) is 10.1 Å². The van der Waals surface area contributed by atoms with E-state index in [1.807, 2.05) is 0 Å². The highest BCUT2D eigenvalue weighted by Gasteiger charge is 2.19. The van der Waals surface area contributed by atoms with Gasteiger partial charge < -0.3 is 19.8 Å². The molecule has 30 heavy (non-hydrogen) atoms. The molecule has 0 aliphatic carbocycles. The molecule has 0 saturated heterocycles. The number of ether oxygens (including phenoxy) is 1. The Balaban J connectivity index is 1.66. The zero-order chi connectivity index (χ0) is 21.5. The number of anilines is 1. The lowest BCUT2D eigenvalue weighted by molar-refractivity contribution is -0.118. The second-order valence-corrected chi connectivity index (χ2v) is 7.05. The van der Waals surface area contributed by atoms with Gasteiger partial charge in [-0.15, -0.1) is 10.2 Å². The van der Waals surface area contributed by atoms with Crippen LogP contribution in [0.3, 0.4) is 0 Å². The van der Waals surface area contributed by atoms with Crippen molar-refractivity contribution in [2.75, 3.05) is 24.3 Å². The highest BCUT2D eigenvalue weighted by molar-refractivity contribution is 7.99. The Kier molecular flexibility index (Phi) is 7.02. The number of aromatic nitrogens is 2. The molecule has 0 atom stereocenters. The van der Waals surface area contributed by atoms with E-state index in [9.17, 15) is 14.0 Å². The third kappa shape index (κ3) is 5.57. The van der Waals surface area contributed by atoms with Gasteiger partial charge in [-0.25, -0.2) is 4.39 Å². The van der Waals surface area contributed by atoms with E-state index in [2.05, 4.69) is 10.2 Å². The van der Waals surface area contributed by atoms with E-state index in [0.29, 0.717) is 17.3 Å². The van der Waals surface area contributed by atoms with Crippen molar-refractivity contribution >= 4 is 29.3 Å². The van der Waals surface area contributed by atoms with Crippen molar-refractivity contribution < 1.29 is 23.1 Å². The van der Waals surface area contributed by atoms with Crippen LogP contribution in [0, 0.1) is 5.82 Å². The molecule has 3 rings (SSSR count). The number of benzene rings is 2. The molecule has 0 fully saturated rings. The summed E-state index contributed by atoms with van der Waals surface area (Å²) in [6, 6.07) is 12.5. The van der Waals surface area contributed by atoms with Crippen LogP contribution >= 0.6 is 11.8 Å². The first kappa shape index (κ1) is 21.3. The van der Waals surface area contributed by atoms with Crippen molar-refractivity contribution in [1.29, 1.82) is 0 Å². The van der Waals surface area contributed by atoms with E-state index < -0.39 is 11.7 Å². The first-order valence-electron chi connectivity index (χ1n) is 8.91. The Labute approximate surface area is 176 Å². The second kappa shape index (κ2) is 9.88. The number of thioether (sulfide) groups is 1. The van der Waals surface area contributed by atoms with Crippen LogP contribution in [0.5, 0.6) is 5.75 Å². The molecule has 0 aliphatic heterocycles. The highest BCUT2D eigenvalue weighted by atomic mass is 32.2. The molecule has 3 aromatic rings. The van der Waals surface area contributed by atoms with Crippen LogP contribution in [-0.2, 0) is 9.59 Å². The second-order valence-electron chi connectivity index (χ2n) is 6.13. The van der Waals surface area contributed by atoms with E-state index >= 15 is 0 Å². The third-order valence-corrected chi connectivity index (χ3v) is 4.89. The van der Waals surface area contributed by atoms with Gasteiger partial charge in [0.1, 0.15) is 11.6 Å². The van der Waals surface area contributed by atoms with Crippen molar-refractivity contribution in [3.05, 3.63) is 54.3 Å². The molecule has 8 nitrogen and oxygen atoms in total. The average Bonchev–Trinajstić information content (AvgIpc) is 3.22. The molecule has 2 N–H and O–H groups in total. The van der Waals surface area contributed by atoms with Gasteiger partial charge in [-0.1, -0.05) is 11.8 Å². The van der Waals surface area contributed by atoms with E-state index in [1.54, 1.807) is 31.4 Å². The zero-order valence-corrected chi connectivity index (χ0v) is 16.9. The topological polar surface area (TPSA) is 112 Å². The molecule has 1 aromatic heterocycles. The van der Waals surface area contributed by atoms with Gasteiger partial charge in [-0.05, 0) is 48.5 Å². The zero-order valence-electron chi connectivity index (χ0n) is 16.1. The Hall–Kier alpha value is -3.40. The third-order valence-electron chi connectivity index (χ3n) is 4.08. The molecule has 0 spiro atoms. The number of carbonyl (C=O) groups excluding carboxylic acids is 2. The van der Waals surface area contributed by atoms with Crippen molar-refractivity contribution in [2.24, 2.45) is 5.73 Å². The maximum absolute atomic E-state index is 13.2. The predicted octanol–water partition coefficient (Wildman–Crippen LogP) is 2.89. The van der Waals surface area contributed by atoms with Crippen LogP contribution < -0.4 is 15.4 Å². The average molecular weight is 430 g/mol. The van der Waals surface area contributed by atoms with Gasteiger partial charge in [0.15, 0.2) is 0 Å². The monoisotopic (exact) mass is 430 g/mol. The van der Waals surface area contributed by atoms with Crippen LogP contribution in [0.15, 0.2) is 58.2 Å². The molecule has 2 amide bonds. The minimum Gasteiger partial charge on any atom is -0.497 e. The number of carbonyl (C=O) groups is 2. The van der Waals surface area contributed by atoms with E-state index in [-0.39, 0.29) is 29.8 Å². The number of rotatable bonds is 9. The van der Waals surface area contributed by atoms with E-state index in [0.717, 1.165) is 17.3 Å². The molecular weight excluding hydrogens is 411 g/mol. The summed E-state index contributed by atoms with van der Waals surface area (Å²) in [4.78, 5) is 25.2. The largest absolute Gasteiger partial charge is 0.497 e. The number of hydrogen-bond acceptors (Lipinski definition) is 7. The lowest BCUT2D eigenvalue weighted by atomic mass is 10.2. The number of nitrogens with two attached hydrogens (primary N) is 1. The summed E-state index contributed by atoms with van der Waals surface area (Å²) in [5, 5.41) is 8.16. The molecule has 10 heteroatoms. The van der Waals surface area contributed by atoms with Gasteiger partial charge in [0, 0.05) is 24.2 Å². The number of primary amides is 1. The summed E-state index contributed by atoms with van der Waals surface area (Å²) in [5.74, 6) is -0.263. The number of hydrogen-bond donors (Lipinski definition) is 1. The van der Waals surface area contributed by atoms with Crippen LogP contribution in [0.1, 0.15) is 6.42 Å². The summed E-state index contributed by atoms with van der Waals surface area (Å²) in [7, 11) is 1.58. The molecule has 0 saturated carbocycles. The molecule has 1 heterocycles. The van der Waals surface area contributed by atoms with Crippen LogP contribution in [0.2, 0.25) is 0 Å². The normalized spacial score (nSPS) is 10.6. The Bertz CT molecular complexity index is 1010. The number of amides is 2. The fourth-order valence-electron chi connectivity index (χ4n) is 2.56. The first-order valence-corrected chi connectivity index (χ1v) is 9.90. The highest BCUT2D eigenvalue weighted by Crippen LogP contribution is 2.25. The lowest BCUT2D eigenvalue weighted by Gasteiger charge is -2.22. The van der Waals surface area contributed by atoms with Gasteiger partial charge in [0.2, 0.25) is 17.7 Å². The van der Waals surface area contributed by atoms with Crippen LogP contribution in [0.25, 0.3) is 11.5 Å². The predicted molar refractivity (Wildman–Crippen MR) is 110 cm³/mol. The van der Waals surface area contributed by atoms with E-state index in [4.69, 9.17) is 14.9 Å². The molecule has 2 aromatic carbocycles. The SMILES string of the molecule is COc1ccc(-c2nnc(SCC(=O)N(CCC(N)=O)c3ccc(F)cc3)o2)cc1. The minimum atomic E-state index is -0.538. The Morgan fingerprint density at radius 2 is 1.83 bits per heavy atom. The molecular formula is C20H19FN4O4S. The van der Waals surface area contributed by atoms with E-state index in [1.165, 1.54) is 29.2 Å². The van der Waals surface area contributed by atoms with Gasteiger partial charge in [0.05, 0.1) is 12.9 Å². The van der Waals surface area contributed by atoms with Crippen molar-refractivity contribution in [3.8, 4) is 17.2 Å². The quantitative estimate of drug-likeness (QED) is 0.520. The molecule has 0 unspecified atom stereocenters.